The molecule has 0 unspecified atom stereocenters. The predicted octanol–water partition coefficient (Wildman–Crippen LogP) is 3.21. The number of benzene rings is 1. The molecule has 0 aliphatic rings. The highest BCUT2D eigenvalue weighted by Gasteiger charge is 2.07. The Morgan fingerprint density at radius 2 is 1.95 bits per heavy atom. The van der Waals surface area contributed by atoms with Crippen molar-refractivity contribution in [3.05, 3.63) is 51.7 Å². The van der Waals surface area contributed by atoms with Gasteiger partial charge in [0.15, 0.2) is 0 Å². The molecule has 1 N–H and O–H groups in total. The molecule has 20 heavy (non-hydrogen) atoms. The zero-order valence-corrected chi connectivity index (χ0v) is 12.0. The van der Waals surface area contributed by atoms with Gasteiger partial charge in [-0.2, -0.15) is 0 Å². The summed E-state index contributed by atoms with van der Waals surface area (Å²) in [6.07, 6.45) is 0.879. The van der Waals surface area contributed by atoms with Crippen molar-refractivity contribution in [3.63, 3.8) is 0 Å². The lowest BCUT2D eigenvalue weighted by atomic mass is 10.1. The molecule has 0 aliphatic carbocycles. The molecule has 0 amide bonds. The Hall–Kier alpha value is -1.85. The van der Waals surface area contributed by atoms with E-state index in [0.717, 1.165) is 17.0 Å². The highest BCUT2D eigenvalue weighted by Crippen LogP contribution is 2.20. The maximum atomic E-state index is 10.8. The molecule has 106 valence electrons. The number of carboxylic acids is 1. The van der Waals surface area contributed by atoms with E-state index < -0.39 is 5.97 Å². The Bertz CT molecular complexity index is 560. The Balaban J connectivity index is 1.88. The molecule has 0 spiro atoms. The number of rotatable bonds is 7. The van der Waals surface area contributed by atoms with Crippen LogP contribution in [0.5, 0.6) is 5.75 Å². The van der Waals surface area contributed by atoms with Crippen LogP contribution in [0.1, 0.15) is 20.1 Å². The summed E-state index contributed by atoms with van der Waals surface area (Å²) in [7, 11) is 1.68. The zero-order valence-electron chi connectivity index (χ0n) is 11.2. The molecule has 0 aliphatic heterocycles. The third-order valence-electron chi connectivity index (χ3n) is 2.77. The Morgan fingerprint density at radius 1 is 1.20 bits per heavy atom. The minimum Gasteiger partial charge on any atom is -0.488 e. The first kappa shape index (κ1) is 14.6. The first-order valence-corrected chi connectivity index (χ1v) is 7.03. The summed E-state index contributed by atoms with van der Waals surface area (Å²) in [5.74, 6) is -0.125. The average molecular weight is 292 g/mol. The normalized spacial score (nSPS) is 10.4. The van der Waals surface area contributed by atoms with Gasteiger partial charge in [0.25, 0.3) is 0 Å². The molecule has 4 nitrogen and oxygen atoms in total. The number of carboxylic acid groups (broad SMARTS) is 1. The van der Waals surface area contributed by atoms with Crippen molar-refractivity contribution in [2.24, 2.45) is 0 Å². The lowest BCUT2D eigenvalue weighted by Gasteiger charge is -2.06. The van der Waals surface area contributed by atoms with Crippen molar-refractivity contribution in [2.45, 2.75) is 13.0 Å². The Labute approximate surface area is 121 Å². The van der Waals surface area contributed by atoms with Crippen LogP contribution in [0.4, 0.5) is 0 Å². The summed E-state index contributed by atoms with van der Waals surface area (Å²) in [5, 5.41) is 8.84. The molecule has 1 aromatic carbocycles. The molecule has 1 aromatic heterocycles. The molecular weight excluding hydrogens is 276 g/mol. The van der Waals surface area contributed by atoms with Gasteiger partial charge in [0.1, 0.15) is 17.2 Å². The molecule has 0 atom stereocenters. The van der Waals surface area contributed by atoms with Crippen LogP contribution in [0.15, 0.2) is 36.4 Å². The maximum absolute atomic E-state index is 10.8. The molecule has 0 saturated heterocycles. The van der Waals surface area contributed by atoms with Gasteiger partial charge >= 0.3 is 5.97 Å². The standard InChI is InChI=1S/C15H16O4S/c1-18-9-8-11-2-4-12(5-3-11)19-10-13-6-7-14(20-13)15(16)17/h2-7H,8-10H2,1H3,(H,16,17). The van der Waals surface area contributed by atoms with Crippen LogP contribution < -0.4 is 4.74 Å². The SMILES string of the molecule is COCCc1ccc(OCc2ccc(C(=O)O)s2)cc1. The van der Waals surface area contributed by atoms with Crippen molar-refractivity contribution in [1.29, 1.82) is 0 Å². The van der Waals surface area contributed by atoms with Crippen molar-refractivity contribution < 1.29 is 19.4 Å². The minimum absolute atomic E-state index is 0.332. The van der Waals surface area contributed by atoms with Crippen molar-refractivity contribution in [1.82, 2.24) is 0 Å². The lowest BCUT2D eigenvalue weighted by Crippen LogP contribution is -1.96. The monoisotopic (exact) mass is 292 g/mol. The van der Waals surface area contributed by atoms with Crippen LogP contribution in [0.2, 0.25) is 0 Å². The van der Waals surface area contributed by atoms with E-state index in [-0.39, 0.29) is 0 Å². The first-order chi connectivity index (χ1) is 9.69. The smallest absolute Gasteiger partial charge is 0.345 e. The van der Waals surface area contributed by atoms with Crippen molar-refractivity contribution >= 4 is 17.3 Å². The second-order valence-corrected chi connectivity index (χ2v) is 5.41. The zero-order chi connectivity index (χ0) is 14.4. The summed E-state index contributed by atoms with van der Waals surface area (Å²) in [4.78, 5) is 12.0. The molecule has 0 radical (unpaired) electrons. The van der Waals surface area contributed by atoms with E-state index in [1.165, 1.54) is 16.9 Å². The van der Waals surface area contributed by atoms with E-state index >= 15 is 0 Å². The fourth-order valence-electron chi connectivity index (χ4n) is 1.70. The third kappa shape index (κ3) is 4.08. The van der Waals surface area contributed by atoms with Crippen LogP contribution in [0, 0.1) is 0 Å². The van der Waals surface area contributed by atoms with E-state index in [4.69, 9.17) is 14.6 Å². The molecular formula is C15H16O4S. The van der Waals surface area contributed by atoms with Crippen molar-refractivity contribution in [3.8, 4) is 5.75 Å². The third-order valence-corrected chi connectivity index (χ3v) is 3.82. The molecule has 2 aromatic rings. The van der Waals surface area contributed by atoms with Gasteiger partial charge in [-0.25, -0.2) is 4.79 Å². The van der Waals surface area contributed by atoms with Gasteiger partial charge in [0.05, 0.1) is 6.61 Å². The van der Waals surface area contributed by atoms with Gasteiger partial charge in [-0.05, 0) is 36.2 Å². The second-order valence-electron chi connectivity index (χ2n) is 4.25. The van der Waals surface area contributed by atoms with Gasteiger partial charge in [0.2, 0.25) is 0 Å². The molecule has 5 heteroatoms. The molecule has 1 heterocycles. The number of carbonyl (C=O) groups is 1. The number of aromatic carboxylic acids is 1. The maximum Gasteiger partial charge on any atom is 0.345 e. The second kappa shape index (κ2) is 7.07. The van der Waals surface area contributed by atoms with E-state index in [9.17, 15) is 4.79 Å². The summed E-state index contributed by atoms with van der Waals surface area (Å²) < 4.78 is 10.7. The van der Waals surface area contributed by atoms with E-state index in [1.807, 2.05) is 24.3 Å². The highest BCUT2D eigenvalue weighted by molar-refractivity contribution is 7.13. The Kier molecular flexibility index (Phi) is 5.15. The van der Waals surface area contributed by atoms with E-state index in [2.05, 4.69) is 0 Å². The van der Waals surface area contributed by atoms with Crippen molar-refractivity contribution in [2.75, 3.05) is 13.7 Å². The lowest BCUT2D eigenvalue weighted by molar-refractivity contribution is 0.0702. The van der Waals surface area contributed by atoms with Crippen LogP contribution in [0.3, 0.4) is 0 Å². The quantitative estimate of drug-likeness (QED) is 0.851. The van der Waals surface area contributed by atoms with Crippen LogP contribution in [0.25, 0.3) is 0 Å². The number of hydrogen-bond acceptors (Lipinski definition) is 4. The van der Waals surface area contributed by atoms with E-state index in [0.29, 0.717) is 18.1 Å². The Morgan fingerprint density at radius 3 is 2.55 bits per heavy atom. The summed E-state index contributed by atoms with van der Waals surface area (Å²) in [5.41, 5.74) is 1.20. The first-order valence-electron chi connectivity index (χ1n) is 6.21. The van der Waals surface area contributed by atoms with E-state index in [1.54, 1.807) is 19.2 Å². The minimum atomic E-state index is -0.899. The molecule has 0 fully saturated rings. The fraction of sp³-hybridized carbons (Fsp3) is 0.267. The average Bonchev–Trinajstić information content (AvgIpc) is 2.93. The fourth-order valence-corrected chi connectivity index (χ4v) is 2.46. The molecule has 0 saturated carbocycles. The van der Waals surface area contributed by atoms with Gasteiger partial charge in [-0.1, -0.05) is 12.1 Å². The summed E-state index contributed by atoms with van der Waals surface area (Å²) in [6, 6.07) is 11.2. The van der Waals surface area contributed by atoms with Gasteiger partial charge in [-0.3, -0.25) is 0 Å². The van der Waals surface area contributed by atoms with Crippen LogP contribution >= 0.6 is 11.3 Å². The molecule has 0 bridgehead atoms. The van der Waals surface area contributed by atoms with Gasteiger partial charge in [-0.15, -0.1) is 11.3 Å². The molecule has 2 rings (SSSR count). The predicted molar refractivity (Wildman–Crippen MR) is 77.6 cm³/mol. The number of hydrogen-bond donors (Lipinski definition) is 1. The number of thiophene rings is 1. The number of ether oxygens (including phenoxy) is 2. The van der Waals surface area contributed by atoms with Crippen LogP contribution in [-0.2, 0) is 17.8 Å². The largest absolute Gasteiger partial charge is 0.488 e. The van der Waals surface area contributed by atoms with Gasteiger partial charge in [0, 0.05) is 12.0 Å². The summed E-state index contributed by atoms with van der Waals surface area (Å²) in [6.45, 7) is 1.09. The number of methoxy groups -OCH3 is 1. The van der Waals surface area contributed by atoms with Crippen LogP contribution in [-0.4, -0.2) is 24.8 Å². The highest BCUT2D eigenvalue weighted by atomic mass is 32.1. The van der Waals surface area contributed by atoms with Gasteiger partial charge < -0.3 is 14.6 Å². The topological polar surface area (TPSA) is 55.8 Å². The summed E-state index contributed by atoms with van der Waals surface area (Å²) >= 11 is 1.23.